The molecule has 0 aliphatic carbocycles. The predicted octanol–water partition coefficient (Wildman–Crippen LogP) is 2.49. The van der Waals surface area contributed by atoms with Crippen LogP contribution in [0.15, 0.2) is 48.5 Å². The number of carbonyl (C=O) groups is 3. The summed E-state index contributed by atoms with van der Waals surface area (Å²) in [4.78, 5) is 36.5. The molecule has 2 rings (SSSR count). The van der Waals surface area contributed by atoms with E-state index in [1.807, 2.05) is 36.6 Å². The van der Waals surface area contributed by atoms with Crippen molar-refractivity contribution in [2.45, 2.75) is 18.5 Å². The van der Waals surface area contributed by atoms with Gasteiger partial charge in [-0.05, 0) is 47.8 Å². The van der Waals surface area contributed by atoms with Crippen molar-refractivity contribution in [1.82, 2.24) is 5.32 Å². The van der Waals surface area contributed by atoms with Gasteiger partial charge in [0.1, 0.15) is 6.04 Å². The molecule has 0 saturated heterocycles. The molecule has 0 radical (unpaired) electrons. The van der Waals surface area contributed by atoms with Crippen LogP contribution < -0.4 is 16.4 Å². The smallest absolute Gasteiger partial charge is 0.326 e. The molecule has 9 heteroatoms. The number of carbonyl (C=O) groups excluding carboxylic acids is 2. The Hall–Kier alpha value is -2.49. The highest BCUT2D eigenvalue weighted by atomic mass is 32.2. The van der Waals surface area contributed by atoms with Gasteiger partial charge in [0.15, 0.2) is 0 Å². The number of rotatable bonds is 10. The maximum Gasteiger partial charge on any atom is 0.326 e. The van der Waals surface area contributed by atoms with Crippen molar-refractivity contribution in [1.29, 1.82) is 0 Å². The standard InChI is InChI=1S/C21H25N3O4S2/c1-30-10-9-18(21(27)28)24-19(25)15-8-7-14(23-20(26)17(22)12-29)11-16(15)13-5-3-2-4-6-13/h2-8,11,17-18,29H,9-10,12,22H2,1H3,(H,23,26)(H,24,25)(H,27,28)/t17-,18-/m0/s1. The summed E-state index contributed by atoms with van der Waals surface area (Å²) in [5.41, 5.74) is 7.82. The highest BCUT2D eigenvalue weighted by molar-refractivity contribution is 7.98. The number of hydrogen-bond acceptors (Lipinski definition) is 6. The third kappa shape index (κ3) is 6.51. The molecule has 0 saturated carbocycles. The topological polar surface area (TPSA) is 122 Å². The summed E-state index contributed by atoms with van der Waals surface area (Å²) in [6.45, 7) is 0. The van der Waals surface area contributed by atoms with E-state index in [0.717, 1.165) is 5.56 Å². The maximum absolute atomic E-state index is 12.9. The lowest BCUT2D eigenvalue weighted by molar-refractivity contribution is -0.139. The highest BCUT2D eigenvalue weighted by Crippen LogP contribution is 2.27. The van der Waals surface area contributed by atoms with E-state index < -0.39 is 24.0 Å². The molecule has 0 aromatic heterocycles. The Morgan fingerprint density at radius 1 is 1.17 bits per heavy atom. The fourth-order valence-corrected chi connectivity index (χ4v) is 3.36. The van der Waals surface area contributed by atoms with Gasteiger partial charge in [0, 0.05) is 17.0 Å². The zero-order valence-electron chi connectivity index (χ0n) is 16.5. The van der Waals surface area contributed by atoms with E-state index in [-0.39, 0.29) is 11.7 Å². The molecule has 2 aromatic rings. The van der Waals surface area contributed by atoms with Gasteiger partial charge < -0.3 is 21.5 Å². The van der Waals surface area contributed by atoms with E-state index in [9.17, 15) is 19.5 Å². The normalized spacial score (nSPS) is 12.6. The SMILES string of the molecule is CSCC[C@H](NC(=O)c1ccc(NC(=O)[C@@H](N)CS)cc1-c1ccccc1)C(=O)O. The van der Waals surface area contributed by atoms with Crippen molar-refractivity contribution < 1.29 is 19.5 Å². The minimum atomic E-state index is -1.08. The van der Waals surface area contributed by atoms with Crippen LogP contribution in [0.4, 0.5) is 5.69 Å². The monoisotopic (exact) mass is 447 g/mol. The number of thiol groups is 1. The summed E-state index contributed by atoms with van der Waals surface area (Å²) >= 11 is 5.54. The van der Waals surface area contributed by atoms with Gasteiger partial charge in [-0.3, -0.25) is 9.59 Å². The number of carboxylic acid groups (broad SMARTS) is 1. The summed E-state index contributed by atoms with van der Waals surface area (Å²) in [6.07, 6.45) is 2.19. The lowest BCUT2D eigenvalue weighted by Crippen LogP contribution is -2.41. The van der Waals surface area contributed by atoms with E-state index in [2.05, 4.69) is 23.3 Å². The number of thioether (sulfide) groups is 1. The van der Waals surface area contributed by atoms with Crippen molar-refractivity contribution >= 4 is 47.9 Å². The lowest BCUT2D eigenvalue weighted by atomic mass is 9.98. The Labute approximate surface area is 185 Å². The first-order valence-electron chi connectivity index (χ1n) is 9.26. The molecule has 0 spiro atoms. The number of nitrogens with one attached hydrogen (secondary N) is 2. The zero-order chi connectivity index (χ0) is 22.1. The van der Waals surface area contributed by atoms with E-state index >= 15 is 0 Å². The molecule has 0 unspecified atom stereocenters. The molecule has 30 heavy (non-hydrogen) atoms. The number of amides is 2. The molecule has 0 fully saturated rings. The number of carboxylic acids is 1. The van der Waals surface area contributed by atoms with Gasteiger partial charge in [0.05, 0.1) is 6.04 Å². The first-order valence-corrected chi connectivity index (χ1v) is 11.3. The maximum atomic E-state index is 12.9. The van der Waals surface area contributed by atoms with Crippen LogP contribution >= 0.6 is 24.4 Å². The number of benzene rings is 2. The van der Waals surface area contributed by atoms with E-state index in [1.54, 1.807) is 18.2 Å². The van der Waals surface area contributed by atoms with Crippen molar-refractivity contribution in [2.75, 3.05) is 23.1 Å². The largest absolute Gasteiger partial charge is 0.480 e. The molecule has 0 aliphatic heterocycles. The summed E-state index contributed by atoms with van der Waals surface area (Å²) in [5.74, 6) is -1.15. The molecule has 160 valence electrons. The molecular weight excluding hydrogens is 422 g/mol. The van der Waals surface area contributed by atoms with Crippen molar-refractivity contribution in [3.8, 4) is 11.1 Å². The molecule has 2 aromatic carbocycles. The third-order valence-corrected chi connectivity index (χ3v) is 5.40. The van der Waals surface area contributed by atoms with E-state index in [0.29, 0.717) is 29.0 Å². The Morgan fingerprint density at radius 2 is 1.87 bits per heavy atom. The van der Waals surface area contributed by atoms with Crippen LogP contribution in [-0.2, 0) is 9.59 Å². The lowest BCUT2D eigenvalue weighted by Gasteiger charge is -2.17. The summed E-state index contributed by atoms with van der Waals surface area (Å²) in [7, 11) is 0. The molecule has 0 aliphatic rings. The fourth-order valence-electron chi connectivity index (χ4n) is 2.72. The minimum absolute atomic E-state index is 0.199. The van der Waals surface area contributed by atoms with Crippen molar-refractivity contribution in [3.63, 3.8) is 0 Å². The molecule has 2 amide bonds. The Balaban J connectivity index is 2.37. The predicted molar refractivity (Wildman–Crippen MR) is 124 cm³/mol. The molecule has 0 heterocycles. The minimum Gasteiger partial charge on any atom is -0.480 e. The summed E-state index contributed by atoms with van der Waals surface area (Å²) in [5, 5.41) is 14.7. The first kappa shape index (κ1) is 23.8. The van der Waals surface area contributed by atoms with Gasteiger partial charge >= 0.3 is 5.97 Å². The van der Waals surface area contributed by atoms with Gasteiger partial charge in [-0.2, -0.15) is 24.4 Å². The fraction of sp³-hybridized carbons (Fsp3) is 0.286. The average Bonchev–Trinajstić information content (AvgIpc) is 2.76. The van der Waals surface area contributed by atoms with Crippen molar-refractivity contribution in [3.05, 3.63) is 54.1 Å². The van der Waals surface area contributed by atoms with Crippen molar-refractivity contribution in [2.24, 2.45) is 5.73 Å². The van der Waals surface area contributed by atoms with Crippen LogP contribution in [0.5, 0.6) is 0 Å². The second-order valence-electron chi connectivity index (χ2n) is 6.55. The van der Waals surface area contributed by atoms with Crippen LogP contribution in [0.3, 0.4) is 0 Å². The number of aliphatic carboxylic acids is 1. The second-order valence-corrected chi connectivity index (χ2v) is 7.90. The van der Waals surface area contributed by atoms with E-state index in [1.165, 1.54) is 11.8 Å². The summed E-state index contributed by atoms with van der Waals surface area (Å²) < 4.78 is 0. The van der Waals surface area contributed by atoms with E-state index in [4.69, 9.17) is 5.73 Å². The second kappa shape index (κ2) is 11.6. The number of nitrogens with two attached hydrogens (primary N) is 1. The van der Waals surface area contributed by atoms with Gasteiger partial charge in [0.2, 0.25) is 5.91 Å². The van der Waals surface area contributed by atoms with Gasteiger partial charge in [-0.1, -0.05) is 30.3 Å². The van der Waals surface area contributed by atoms with Crippen LogP contribution in [0, 0.1) is 0 Å². The molecule has 2 atom stereocenters. The number of anilines is 1. The Morgan fingerprint density at radius 3 is 2.47 bits per heavy atom. The van der Waals surface area contributed by atoms with Crippen LogP contribution in [0.1, 0.15) is 16.8 Å². The van der Waals surface area contributed by atoms with Gasteiger partial charge in [0.25, 0.3) is 5.91 Å². The number of hydrogen-bond donors (Lipinski definition) is 5. The Bertz CT molecular complexity index is 893. The quantitative estimate of drug-likeness (QED) is 0.357. The molecular formula is C21H25N3O4S2. The zero-order valence-corrected chi connectivity index (χ0v) is 18.2. The first-order chi connectivity index (χ1) is 14.4. The molecule has 0 bridgehead atoms. The van der Waals surface area contributed by atoms with Gasteiger partial charge in [-0.15, -0.1) is 0 Å². The highest BCUT2D eigenvalue weighted by Gasteiger charge is 2.22. The third-order valence-electron chi connectivity index (χ3n) is 4.36. The molecule has 7 nitrogen and oxygen atoms in total. The molecule has 5 N–H and O–H groups in total. The summed E-state index contributed by atoms with van der Waals surface area (Å²) in [6, 6.07) is 12.3. The van der Waals surface area contributed by atoms with Crippen LogP contribution in [0.25, 0.3) is 11.1 Å². The van der Waals surface area contributed by atoms with Crippen LogP contribution in [0.2, 0.25) is 0 Å². The Kier molecular flexibility index (Phi) is 9.22. The van der Waals surface area contributed by atoms with Gasteiger partial charge in [-0.25, -0.2) is 4.79 Å². The average molecular weight is 448 g/mol. The van der Waals surface area contributed by atoms with Crippen LogP contribution in [-0.4, -0.2) is 52.7 Å².